The number of methoxy groups -OCH3 is 1. The molecule has 1 aromatic carbocycles. The van der Waals surface area contributed by atoms with E-state index in [9.17, 15) is 5.11 Å². The number of aryl methyl sites for hydroxylation is 1. The number of rotatable bonds is 9. The number of unbranched alkanes of at least 4 members (excludes halogenated alkanes) is 3. The zero-order valence-corrected chi connectivity index (χ0v) is 12.6. The molecule has 0 spiro atoms. The second-order valence-corrected chi connectivity index (χ2v) is 5.29. The van der Waals surface area contributed by atoms with Gasteiger partial charge in [-0.3, -0.25) is 0 Å². The fourth-order valence-electron chi connectivity index (χ4n) is 2.40. The lowest BCUT2D eigenvalue weighted by atomic mass is 10.0. The van der Waals surface area contributed by atoms with Gasteiger partial charge in [-0.2, -0.15) is 0 Å². The van der Waals surface area contributed by atoms with Crippen molar-refractivity contribution in [3.05, 3.63) is 48.5 Å². The fraction of sp³-hybridized carbons (Fsp3) is 0.471. The van der Waals surface area contributed by atoms with Gasteiger partial charge in [0.25, 0.3) is 0 Å². The van der Waals surface area contributed by atoms with E-state index in [0.29, 0.717) is 0 Å². The van der Waals surface area contributed by atoms with Crippen molar-refractivity contribution < 1.29 is 9.84 Å². The maximum atomic E-state index is 10.1. The quantitative estimate of drug-likeness (QED) is 0.717. The summed E-state index contributed by atoms with van der Waals surface area (Å²) < 4.78 is 7.22. The minimum absolute atomic E-state index is 0.371. The minimum atomic E-state index is -0.371. The van der Waals surface area contributed by atoms with E-state index in [1.807, 2.05) is 43.0 Å². The van der Waals surface area contributed by atoms with Crippen LogP contribution in [-0.4, -0.2) is 21.8 Å². The molecule has 1 atom stereocenters. The molecule has 0 aliphatic heterocycles. The van der Waals surface area contributed by atoms with E-state index in [1.165, 1.54) is 6.42 Å². The van der Waals surface area contributed by atoms with Gasteiger partial charge in [0, 0.05) is 18.9 Å². The van der Waals surface area contributed by atoms with Crippen LogP contribution in [0.1, 0.15) is 43.8 Å². The van der Waals surface area contributed by atoms with E-state index >= 15 is 0 Å². The molecule has 4 nitrogen and oxygen atoms in total. The molecule has 0 aliphatic carbocycles. The van der Waals surface area contributed by atoms with Crippen LogP contribution < -0.4 is 4.74 Å². The lowest BCUT2D eigenvalue weighted by molar-refractivity contribution is 0.163. The predicted octanol–water partition coefficient (Wildman–Crippen LogP) is 3.58. The maximum absolute atomic E-state index is 10.1. The first kappa shape index (κ1) is 15.6. The third-order valence-electron chi connectivity index (χ3n) is 3.70. The van der Waals surface area contributed by atoms with E-state index < -0.39 is 0 Å². The van der Waals surface area contributed by atoms with Crippen LogP contribution in [-0.2, 0) is 6.54 Å². The summed E-state index contributed by atoms with van der Waals surface area (Å²) in [5.41, 5.74) is 0.967. The van der Waals surface area contributed by atoms with Crippen molar-refractivity contribution in [2.75, 3.05) is 7.11 Å². The highest BCUT2D eigenvalue weighted by Gasteiger charge is 2.07. The van der Waals surface area contributed by atoms with Crippen molar-refractivity contribution in [1.29, 1.82) is 0 Å². The molecule has 0 bridgehead atoms. The topological polar surface area (TPSA) is 47.3 Å². The summed E-state index contributed by atoms with van der Waals surface area (Å²) >= 11 is 0. The van der Waals surface area contributed by atoms with Gasteiger partial charge in [-0.05, 0) is 30.5 Å². The number of imidazole rings is 1. The molecule has 0 radical (unpaired) electrons. The highest BCUT2D eigenvalue weighted by atomic mass is 16.5. The molecule has 114 valence electrons. The lowest BCUT2D eigenvalue weighted by Gasteiger charge is -2.11. The third-order valence-corrected chi connectivity index (χ3v) is 3.70. The average molecular weight is 288 g/mol. The molecule has 0 amide bonds. The van der Waals surface area contributed by atoms with Crippen molar-refractivity contribution in [3.63, 3.8) is 0 Å². The molecule has 1 N–H and O–H groups in total. The zero-order valence-electron chi connectivity index (χ0n) is 12.6. The normalized spacial score (nSPS) is 12.3. The Kier molecular flexibility index (Phi) is 6.28. The van der Waals surface area contributed by atoms with Crippen LogP contribution in [0.2, 0.25) is 0 Å². The summed E-state index contributed by atoms with van der Waals surface area (Å²) in [4.78, 5) is 4.03. The van der Waals surface area contributed by atoms with Crippen molar-refractivity contribution >= 4 is 0 Å². The van der Waals surface area contributed by atoms with Crippen LogP contribution in [0.4, 0.5) is 0 Å². The molecule has 1 heterocycles. The summed E-state index contributed by atoms with van der Waals surface area (Å²) in [6.45, 7) is 1.03. The first-order chi connectivity index (χ1) is 10.3. The van der Waals surface area contributed by atoms with E-state index in [1.54, 1.807) is 7.11 Å². The molecule has 1 aromatic heterocycles. The number of benzene rings is 1. The second-order valence-electron chi connectivity index (χ2n) is 5.29. The number of hydrogen-bond donors (Lipinski definition) is 1. The van der Waals surface area contributed by atoms with Crippen LogP contribution >= 0.6 is 0 Å². The standard InChI is InChI=1S/C17H24N2O2/c1-21-16-9-7-15(8-10-16)17(20)6-4-2-3-5-12-19-13-11-18-14-19/h7-11,13-14,17,20H,2-6,12H2,1H3. The summed E-state index contributed by atoms with van der Waals surface area (Å²) in [6.07, 6.45) is 10.7. The molecule has 2 aromatic rings. The van der Waals surface area contributed by atoms with E-state index in [2.05, 4.69) is 9.55 Å². The molecule has 0 aliphatic rings. The Bertz CT molecular complexity index is 494. The van der Waals surface area contributed by atoms with Crippen molar-refractivity contribution in [3.8, 4) is 5.75 Å². The van der Waals surface area contributed by atoms with Crippen molar-refractivity contribution in [2.45, 2.75) is 44.8 Å². The van der Waals surface area contributed by atoms with Crippen molar-refractivity contribution in [1.82, 2.24) is 9.55 Å². The van der Waals surface area contributed by atoms with Crippen LogP contribution in [0, 0.1) is 0 Å². The average Bonchev–Trinajstić information content (AvgIpc) is 3.04. The summed E-state index contributed by atoms with van der Waals surface area (Å²) in [5.74, 6) is 0.824. The van der Waals surface area contributed by atoms with Gasteiger partial charge in [0.1, 0.15) is 5.75 Å². The monoisotopic (exact) mass is 288 g/mol. The third kappa shape index (κ3) is 5.23. The van der Waals surface area contributed by atoms with Gasteiger partial charge in [-0.25, -0.2) is 4.98 Å². The highest BCUT2D eigenvalue weighted by molar-refractivity contribution is 5.28. The molecule has 21 heavy (non-hydrogen) atoms. The number of nitrogens with zero attached hydrogens (tertiary/aromatic N) is 2. The zero-order chi connectivity index (χ0) is 14.9. The van der Waals surface area contributed by atoms with Gasteiger partial charge in [-0.1, -0.05) is 31.4 Å². The summed E-state index contributed by atoms with van der Waals surface area (Å²) in [7, 11) is 1.65. The number of aliphatic hydroxyl groups excluding tert-OH is 1. The number of aliphatic hydroxyl groups is 1. The Morgan fingerprint density at radius 3 is 2.57 bits per heavy atom. The first-order valence-electron chi connectivity index (χ1n) is 7.57. The lowest BCUT2D eigenvalue weighted by Crippen LogP contribution is -1.98. The fourth-order valence-corrected chi connectivity index (χ4v) is 2.40. The molecule has 0 saturated carbocycles. The Balaban J connectivity index is 1.59. The summed E-state index contributed by atoms with van der Waals surface area (Å²) in [5, 5.41) is 10.1. The van der Waals surface area contributed by atoms with Gasteiger partial charge in [-0.15, -0.1) is 0 Å². The summed E-state index contributed by atoms with van der Waals surface area (Å²) in [6, 6.07) is 7.65. The van der Waals surface area contributed by atoms with Crippen molar-refractivity contribution in [2.24, 2.45) is 0 Å². The largest absolute Gasteiger partial charge is 0.497 e. The molecule has 2 rings (SSSR count). The molecular weight excluding hydrogens is 264 g/mol. The van der Waals surface area contributed by atoms with Gasteiger partial charge in [0.15, 0.2) is 0 Å². The Hall–Kier alpha value is -1.81. The van der Waals surface area contributed by atoms with E-state index in [-0.39, 0.29) is 6.10 Å². The SMILES string of the molecule is COc1ccc(C(O)CCCCCCn2ccnc2)cc1. The molecular formula is C17H24N2O2. The van der Waals surface area contributed by atoms with Gasteiger partial charge in [0.2, 0.25) is 0 Å². The molecule has 0 saturated heterocycles. The highest BCUT2D eigenvalue weighted by Crippen LogP contribution is 2.22. The molecule has 4 heteroatoms. The Labute approximate surface area is 126 Å². The van der Waals surface area contributed by atoms with Gasteiger partial charge in [0.05, 0.1) is 19.5 Å². The number of hydrogen-bond acceptors (Lipinski definition) is 3. The van der Waals surface area contributed by atoms with E-state index in [4.69, 9.17) is 4.74 Å². The second kappa shape index (κ2) is 8.47. The first-order valence-corrected chi connectivity index (χ1v) is 7.57. The Morgan fingerprint density at radius 1 is 1.14 bits per heavy atom. The van der Waals surface area contributed by atoms with Crippen LogP contribution in [0.15, 0.2) is 43.0 Å². The predicted molar refractivity (Wildman–Crippen MR) is 83.3 cm³/mol. The van der Waals surface area contributed by atoms with Crippen LogP contribution in [0.3, 0.4) is 0 Å². The van der Waals surface area contributed by atoms with Crippen LogP contribution in [0.25, 0.3) is 0 Å². The van der Waals surface area contributed by atoms with Gasteiger partial charge < -0.3 is 14.4 Å². The maximum Gasteiger partial charge on any atom is 0.118 e. The number of aromatic nitrogens is 2. The molecule has 0 fully saturated rings. The van der Waals surface area contributed by atoms with Crippen LogP contribution in [0.5, 0.6) is 5.75 Å². The van der Waals surface area contributed by atoms with E-state index in [0.717, 1.165) is 43.5 Å². The Morgan fingerprint density at radius 2 is 1.90 bits per heavy atom. The minimum Gasteiger partial charge on any atom is -0.497 e. The van der Waals surface area contributed by atoms with Gasteiger partial charge >= 0.3 is 0 Å². The molecule has 1 unspecified atom stereocenters. The number of ether oxygens (including phenoxy) is 1. The smallest absolute Gasteiger partial charge is 0.118 e.